The van der Waals surface area contributed by atoms with Crippen LogP contribution in [0.1, 0.15) is 71.0 Å². The zero-order valence-corrected chi connectivity index (χ0v) is 23.1. The minimum atomic E-state index is -1.06. The van der Waals surface area contributed by atoms with Gasteiger partial charge in [0, 0.05) is 28.7 Å². The van der Waals surface area contributed by atoms with Gasteiger partial charge >= 0.3 is 5.97 Å². The quantitative estimate of drug-likeness (QED) is 0.242. The number of fused-ring (bicyclic) bond motifs is 1. The molecule has 1 heterocycles. The number of benzene rings is 3. The molecule has 7 heteroatoms. The first kappa shape index (κ1) is 27.3. The molecule has 1 atom stereocenters. The Morgan fingerprint density at radius 1 is 1.00 bits per heavy atom. The fourth-order valence-electron chi connectivity index (χ4n) is 4.62. The minimum absolute atomic E-state index is 0.114. The van der Waals surface area contributed by atoms with Crippen molar-refractivity contribution in [2.45, 2.75) is 53.1 Å². The Morgan fingerprint density at radius 3 is 2.45 bits per heavy atom. The number of aryl methyl sites for hydroxylation is 1. The lowest BCUT2D eigenvalue weighted by Gasteiger charge is -2.16. The average molecular weight is 533 g/mol. The number of aromatic nitrogens is 1. The standard InChI is InChI=1S/C31H33ClN2O4/c1-18(2)23-7-6-8-24(14-23)20(4)33-31(37)25-10-12-28-26(15-25)19(3)21(5)34(28)16-22-9-11-27(32)29(13-22)38-17-30(35)36/h6-15,18,20H,16-17H2,1-5H3,(H,33,37)(H,35,36)/t20-/m0/s1. The van der Waals surface area contributed by atoms with Crippen molar-refractivity contribution >= 4 is 34.4 Å². The average Bonchev–Trinajstić information content (AvgIpc) is 3.13. The molecule has 38 heavy (non-hydrogen) atoms. The normalized spacial score (nSPS) is 12.1. The zero-order valence-electron chi connectivity index (χ0n) is 22.3. The molecule has 0 saturated heterocycles. The number of carboxylic acid groups (broad SMARTS) is 1. The van der Waals surface area contributed by atoms with Crippen molar-refractivity contribution in [1.82, 2.24) is 9.88 Å². The first-order valence-corrected chi connectivity index (χ1v) is 13.1. The van der Waals surface area contributed by atoms with E-state index in [-0.39, 0.29) is 11.9 Å². The van der Waals surface area contributed by atoms with Gasteiger partial charge < -0.3 is 19.7 Å². The highest BCUT2D eigenvalue weighted by atomic mass is 35.5. The molecule has 3 aromatic carbocycles. The zero-order chi connectivity index (χ0) is 27.6. The van der Waals surface area contributed by atoms with Crippen LogP contribution in [0.3, 0.4) is 0 Å². The molecule has 0 bridgehead atoms. The van der Waals surface area contributed by atoms with E-state index in [1.807, 2.05) is 43.3 Å². The van der Waals surface area contributed by atoms with Crippen LogP contribution < -0.4 is 10.1 Å². The van der Waals surface area contributed by atoms with E-state index < -0.39 is 12.6 Å². The number of nitrogens with zero attached hydrogens (tertiary/aromatic N) is 1. The van der Waals surface area contributed by atoms with Crippen molar-refractivity contribution in [3.8, 4) is 5.75 Å². The van der Waals surface area contributed by atoms with Crippen molar-refractivity contribution in [3.05, 3.63) is 99.2 Å². The molecular formula is C31H33ClN2O4. The maximum Gasteiger partial charge on any atom is 0.341 e. The number of hydrogen-bond acceptors (Lipinski definition) is 3. The predicted octanol–water partition coefficient (Wildman–Crippen LogP) is 7.04. The third-order valence-corrected chi connectivity index (χ3v) is 7.33. The Kier molecular flexibility index (Phi) is 8.12. The lowest BCUT2D eigenvalue weighted by atomic mass is 9.98. The molecule has 6 nitrogen and oxygen atoms in total. The number of nitrogens with one attached hydrogen (secondary N) is 1. The summed E-state index contributed by atoms with van der Waals surface area (Å²) in [5.41, 5.74) is 7.06. The monoisotopic (exact) mass is 532 g/mol. The second-order valence-electron chi connectivity index (χ2n) is 10.00. The number of carbonyl (C=O) groups is 2. The summed E-state index contributed by atoms with van der Waals surface area (Å²) in [5.74, 6) is -0.415. The lowest BCUT2D eigenvalue weighted by molar-refractivity contribution is -0.139. The summed E-state index contributed by atoms with van der Waals surface area (Å²) in [5, 5.41) is 13.4. The van der Waals surface area contributed by atoms with Crippen LogP contribution in [-0.4, -0.2) is 28.2 Å². The molecule has 1 aromatic heterocycles. The van der Waals surface area contributed by atoms with E-state index in [0.29, 0.717) is 28.8 Å². The number of carboxylic acids is 1. The van der Waals surface area contributed by atoms with Crippen LogP contribution in [0.15, 0.2) is 60.7 Å². The van der Waals surface area contributed by atoms with Gasteiger partial charge in [-0.3, -0.25) is 4.79 Å². The van der Waals surface area contributed by atoms with E-state index in [1.54, 1.807) is 12.1 Å². The number of halogens is 1. The number of aliphatic carboxylic acids is 1. The summed E-state index contributed by atoms with van der Waals surface area (Å²) < 4.78 is 7.52. The molecule has 198 valence electrons. The van der Waals surface area contributed by atoms with Gasteiger partial charge in [0.1, 0.15) is 5.75 Å². The van der Waals surface area contributed by atoms with E-state index in [2.05, 4.69) is 49.7 Å². The third-order valence-electron chi connectivity index (χ3n) is 7.01. The van der Waals surface area contributed by atoms with Crippen LogP contribution in [0.2, 0.25) is 5.02 Å². The Balaban J connectivity index is 1.57. The van der Waals surface area contributed by atoms with Gasteiger partial charge in [-0.1, -0.05) is 55.8 Å². The summed E-state index contributed by atoms with van der Waals surface area (Å²) in [6.45, 7) is 10.5. The van der Waals surface area contributed by atoms with Crippen LogP contribution >= 0.6 is 11.6 Å². The number of carbonyl (C=O) groups excluding carboxylic acids is 1. The summed E-state index contributed by atoms with van der Waals surface area (Å²) in [4.78, 5) is 24.1. The van der Waals surface area contributed by atoms with Gasteiger partial charge in [-0.05, 0) is 79.3 Å². The molecular weight excluding hydrogens is 500 g/mol. The third kappa shape index (κ3) is 5.86. The first-order chi connectivity index (χ1) is 18.0. The van der Waals surface area contributed by atoms with E-state index in [9.17, 15) is 9.59 Å². The highest BCUT2D eigenvalue weighted by Gasteiger charge is 2.17. The fourth-order valence-corrected chi connectivity index (χ4v) is 4.80. The molecule has 4 rings (SSSR count). The number of ether oxygens (including phenoxy) is 1. The Morgan fingerprint density at radius 2 is 1.74 bits per heavy atom. The Bertz CT molecular complexity index is 1510. The molecule has 0 fully saturated rings. The Labute approximate surface area is 228 Å². The van der Waals surface area contributed by atoms with Crippen molar-refractivity contribution in [3.63, 3.8) is 0 Å². The highest BCUT2D eigenvalue weighted by Crippen LogP contribution is 2.30. The summed E-state index contributed by atoms with van der Waals surface area (Å²) in [6.07, 6.45) is 0. The molecule has 0 spiro atoms. The fraction of sp³-hybridized carbons (Fsp3) is 0.290. The molecule has 0 radical (unpaired) electrons. The van der Waals surface area contributed by atoms with Crippen LogP contribution in [-0.2, 0) is 11.3 Å². The summed E-state index contributed by atoms with van der Waals surface area (Å²) in [7, 11) is 0. The lowest BCUT2D eigenvalue weighted by Crippen LogP contribution is -2.26. The van der Waals surface area contributed by atoms with E-state index in [1.165, 1.54) is 5.56 Å². The number of amides is 1. The molecule has 1 amide bonds. The van der Waals surface area contributed by atoms with Gasteiger partial charge in [0.15, 0.2) is 6.61 Å². The van der Waals surface area contributed by atoms with Crippen LogP contribution in [0, 0.1) is 13.8 Å². The smallest absolute Gasteiger partial charge is 0.341 e. The maximum atomic E-state index is 13.2. The largest absolute Gasteiger partial charge is 0.480 e. The van der Waals surface area contributed by atoms with Crippen LogP contribution in [0.4, 0.5) is 0 Å². The van der Waals surface area contributed by atoms with E-state index in [4.69, 9.17) is 21.4 Å². The molecule has 4 aromatic rings. The van der Waals surface area contributed by atoms with Gasteiger partial charge in [-0.2, -0.15) is 0 Å². The second kappa shape index (κ2) is 11.3. The molecule has 0 unspecified atom stereocenters. The van der Waals surface area contributed by atoms with Crippen LogP contribution in [0.5, 0.6) is 5.75 Å². The summed E-state index contributed by atoms with van der Waals surface area (Å²) >= 11 is 6.19. The first-order valence-electron chi connectivity index (χ1n) is 12.7. The SMILES string of the molecule is Cc1c(C)n(Cc2ccc(Cl)c(OCC(=O)O)c2)c2ccc(C(=O)N[C@@H](C)c3cccc(C(C)C)c3)cc12. The van der Waals surface area contributed by atoms with Crippen molar-refractivity contribution in [1.29, 1.82) is 0 Å². The summed E-state index contributed by atoms with van der Waals surface area (Å²) in [6, 6.07) is 19.4. The maximum absolute atomic E-state index is 13.2. The van der Waals surface area contributed by atoms with Crippen LogP contribution in [0.25, 0.3) is 10.9 Å². The molecule has 0 aliphatic heterocycles. The predicted molar refractivity (Wildman–Crippen MR) is 152 cm³/mol. The van der Waals surface area contributed by atoms with Gasteiger partial charge in [0.2, 0.25) is 0 Å². The van der Waals surface area contributed by atoms with Crippen molar-refractivity contribution < 1.29 is 19.4 Å². The van der Waals surface area contributed by atoms with E-state index >= 15 is 0 Å². The number of rotatable bonds is 9. The van der Waals surface area contributed by atoms with Gasteiger partial charge in [-0.15, -0.1) is 0 Å². The van der Waals surface area contributed by atoms with Gasteiger partial charge in [-0.25, -0.2) is 4.79 Å². The van der Waals surface area contributed by atoms with Gasteiger partial charge in [0.05, 0.1) is 11.1 Å². The van der Waals surface area contributed by atoms with Crippen molar-refractivity contribution in [2.75, 3.05) is 6.61 Å². The molecule has 0 aliphatic rings. The number of hydrogen-bond donors (Lipinski definition) is 2. The molecule has 0 aliphatic carbocycles. The molecule has 2 N–H and O–H groups in total. The second-order valence-corrected chi connectivity index (χ2v) is 10.4. The minimum Gasteiger partial charge on any atom is -0.480 e. The van der Waals surface area contributed by atoms with E-state index in [0.717, 1.165) is 33.3 Å². The Hall–Kier alpha value is -3.77. The van der Waals surface area contributed by atoms with Crippen molar-refractivity contribution in [2.24, 2.45) is 0 Å². The molecule has 0 saturated carbocycles. The topological polar surface area (TPSA) is 80.6 Å². The highest BCUT2D eigenvalue weighted by molar-refractivity contribution is 6.32. The van der Waals surface area contributed by atoms with Gasteiger partial charge in [0.25, 0.3) is 5.91 Å².